The monoisotopic (exact) mass is 333 g/mol. The highest BCUT2D eigenvalue weighted by Gasteiger charge is 2.03. The van der Waals surface area contributed by atoms with E-state index < -0.39 is 0 Å². The zero-order valence-electron chi connectivity index (χ0n) is 14.4. The molecule has 0 aliphatic carbocycles. The molecule has 2 aromatic carbocycles. The highest BCUT2D eigenvalue weighted by atomic mass is 16.5. The van der Waals surface area contributed by atoms with Gasteiger partial charge < -0.3 is 10.1 Å². The summed E-state index contributed by atoms with van der Waals surface area (Å²) in [5.74, 6) is 0.689. The van der Waals surface area contributed by atoms with Crippen LogP contribution in [0.5, 0.6) is 5.75 Å². The molecule has 126 valence electrons. The standard InChI is InChI=1S/C21H20N2O2/c1-23-13-3-4-18-14-16(7-11-20(18)23)8-12-21(24)22-15-17-5-9-19(25-2)10-6-17/h3-14H,15H2,1-2H3/p+1/b12-8+. The van der Waals surface area contributed by atoms with Crippen LogP contribution in [0.2, 0.25) is 0 Å². The van der Waals surface area contributed by atoms with Crippen molar-refractivity contribution in [3.63, 3.8) is 0 Å². The van der Waals surface area contributed by atoms with Crippen LogP contribution in [0.4, 0.5) is 0 Å². The highest BCUT2D eigenvalue weighted by Crippen LogP contribution is 2.13. The number of amides is 1. The van der Waals surface area contributed by atoms with Gasteiger partial charge in [-0.05, 0) is 47.5 Å². The number of pyridine rings is 1. The van der Waals surface area contributed by atoms with Crippen molar-refractivity contribution in [3.05, 3.63) is 78.0 Å². The number of methoxy groups -OCH3 is 1. The molecular weight excluding hydrogens is 312 g/mol. The number of fused-ring (bicyclic) bond motifs is 1. The molecule has 3 aromatic rings. The van der Waals surface area contributed by atoms with Crippen LogP contribution < -0.4 is 14.6 Å². The molecule has 1 aromatic heterocycles. The SMILES string of the molecule is COc1ccc(CNC(=O)/C=C/c2ccc3c(ccc[n+]3C)c2)cc1. The zero-order chi connectivity index (χ0) is 17.6. The number of nitrogens with one attached hydrogen (secondary N) is 1. The first kappa shape index (κ1) is 16.7. The van der Waals surface area contributed by atoms with Crippen LogP contribution in [0.1, 0.15) is 11.1 Å². The van der Waals surface area contributed by atoms with E-state index in [1.165, 1.54) is 0 Å². The first-order valence-electron chi connectivity index (χ1n) is 8.13. The van der Waals surface area contributed by atoms with Crippen LogP contribution in [-0.4, -0.2) is 13.0 Å². The predicted octanol–water partition coefficient (Wildman–Crippen LogP) is 3.00. The van der Waals surface area contributed by atoms with Gasteiger partial charge in [-0.2, -0.15) is 0 Å². The molecule has 3 rings (SSSR count). The lowest BCUT2D eigenvalue weighted by atomic mass is 10.1. The lowest BCUT2D eigenvalue weighted by Crippen LogP contribution is -2.27. The van der Waals surface area contributed by atoms with Gasteiger partial charge in [0.1, 0.15) is 12.8 Å². The Hall–Kier alpha value is -3.14. The van der Waals surface area contributed by atoms with E-state index in [-0.39, 0.29) is 5.91 Å². The van der Waals surface area contributed by atoms with Crippen molar-refractivity contribution in [2.24, 2.45) is 7.05 Å². The Morgan fingerprint density at radius 3 is 2.72 bits per heavy atom. The second-order valence-electron chi connectivity index (χ2n) is 5.84. The average molecular weight is 333 g/mol. The Balaban J connectivity index is 1.62. The molecule has 0 bridgehead atoms. The lowest BCUT2D eigenvalue weighted by molar-refractivity contribution is -0.644. The van der Waals surface area contributed by atoms with Crippen molar-refractivity contribution in [3.8, 4) is 5.75 Å². The Morgan fingerprint density at radius 1 is 1.16 bits per heavy atom. The summed E-state index contributed by atoms with van der Waals surface area (Å²) in [6.45, 7) is 0.487. The van der Waals surface area contributed by atoms with Gasteiger partial charge in [0.2, 0.25) is 11.4 Å². The minimum atomic E-state index is -0.116. The molecule has 0 fully saturated rings. The molecule has 0 atom stereocenters. The van der Waals surface area contributed by atoms with E-state index in [9.17, 15) is 4.79 Å². The summed E-state index contributed by atoms with van der Waals surface area (Å²) < 4.78 is 7.19. The van der Waals surface area contributed by atoms with E-state index in [4.69, 9.17) is 4.74 Å². The van der Waals surface area contributed by atoms with Crippen LogP contribution in [-0.2, 0) is 18.4 Å². The van der Waals surface area contributed by atoms with E-state index in [2.05, 4.69) is 28.1 Å². The van der Waals surface area contributed by atoms with E-state index in [0.29, 0.717) is 6.54 Å². The summed E-state index contributed by atoms with van der Waals surface area (Å²) in [4.78, 5) is 12.0. The van der Waals surface area contributed by atoms with Crippen LogP contribution in [0.25, 0.3) is 17.0 Å². The van der Waals surface area contributed by atoms with Gasteiger partial charge in [-0.1, -0.05) is 12.1 Å². The molecule has 4 nitrogen and oxygen atoms in total. The average Bonchev–Trinajstić information content (AvgIpc) is 2.65. The molecule has 25 heavy (non-hydrogen) atoms. The molecule has 0 saturated heterocycles. The fraction of sp³-hybridized carbons (Fsp3) is 0.143. The zero-order valence-corrected chi connectivity index (χ0v) is 14.4. The maximum absolute atomic E-state index is 12.0. The first-order valence-corrected chi connectivity index (χ1v) is 8.13. The third-order valence-electron chi connectivity index (χ3n) is 4.07. The van der Waals surface area contributed by atoms with Gasteiger partial charge in [-0.15, -0.1) is 0 Å². The normalized spacial score (nSPS) is 11.0. The quantitative estimate of drug-likeness (QED) is 0.576. The molecule has 1 heterocycles. The molecule has 0 aliphatic rings. The Morgan fingerprint density at radius 2 is 1.96 bits per heavy atom. The first-order chi connectivity index (χ1) is 12.2. The molecule has 4 heteroatoms. The van der Waals surface area contributed by atoms with E-state index >= 15 is 0 Å². The number of carbonyl (C=O) groups is 1. The summed E-state index contributed by atoms with van der Waals surface area (Å²) in [7, 11) is 3.65. The van der Waals surface area contributed by atoms with Crippen molar-refractivity contribution in [2.45, 2.75) is 6.54 Å². The summed E-state index contributed by atoms with van der Waals surface area (Å²) in [5, 5.41) is 4.03. The number of aryl methyl sites for hydroxylation is 1. The maximum Gasteiger partial charge on any atom is 0.244 e. The molecular formula is C21H21N2O2+. The van der Waals surface area contributed by atoms with Crippen LogP contribution >= 0.6 is 0 Å². The second kappa shape index (κ2) is 7.62. The van der Waals surface area contributed by atoms with Crippen molar-refractivity contribution < 1.29 is 14.1 Å². The van der Waals surface area contributed by atoms with Crippen LogP contribution in [0, 0.1) is 0 Å². The molecule has 1 amide bonds. The van der Waals surface area contributed by atoms with Crippen molar-refractivity contribution in [1.29, 1.82) is 0 Å². The minimum absolute atomic E-state index is 0.116. The molecule has 0 saturated carbocycles. The van der Waals surface area contributed by atoms with E-state index in [1.807, 2.05) is 55.7 Å². The topological polar surface area (TPSA) is 42.2 Å². The number of hydrogen-bond acceptors (Lipinski definition) is 2. The number of carbonyl (C=O) groups excluding carboxylic acids is 1. The summed E-state index contributed by atoms with van der Waals surface area (Å²) in [6.07, 6.45) is 5.41. The smallest absolute Gasteiger partial charge is 0.244 e. The fourth-order valence-corrected chi connectivity index (χ4v) is 2.65. The number of ether oxygens (including phenoxy) is 1. The van der Waals surface area contributed by atoms with Gasteiger partial charge in [0, 0.05) is 30.1 Å². The third-order valence-corrected chi connectivity index (χ3v) is 4.07. The van der Waals surface area contributed by atoms with Crippen LogP contribution in [0.15, 0.2) is 66.9 Å². The van der Waals surface area contributed by atoms with Crippen molar-refractivity contribution >= 4 is 22.9 Å². The molecule has 1 N–H and O–H groups in total. The number of hydrogen-bond donors (Lipinski definition) is 1. The van der Waals surface area contributed by atoms with Gasteiger partial charge in [0.25, 0.3) is 0 Å². The number of nitrogens with zero attached hydrogens (tertiary/aromatic N) is 1. The van der Waals surface area contributed by atoms with Crippen molar-refractivity contribution in [1.82, 2.24) is 5.32 Å². The minimum Gasteiger partial charge on any atom is -0.497 e. The lowest BCUT2D eigenvalue weighted by Gasteiger charge is -2.04. The fourth-order valence-electron chi connectivity index (χ4n) is 2.65. The van der Waals surface area contributed by atoms with E-state index in [0.717, 1.165) is 27.8 Å². The van der Waals surface area contributed by atoms with E-state index in [1.54, 1.807) is 13.2 Å². The Labute approximate surface area is 147 Å². The molecule has 0 radical (unpaired) electrons. The number of rotatable bonds is 5. The summed E-state index contributed by atoms with van der Waals surface area (Å²) >= 11 is 0. The van der Waals surface area contributed by atoms with Gasteiger partial charge >= 0.3 is 0 Å². The third kappa shape index (κ3) is 4.23. The summed E-state index contributed by atoms with van der Waals surface area (Å²) in [6, 6.07) is 17.9. The maximum atomic E-state index is 12.0. The highest BCUT2D eigenvalue weighted by molar-refractivity contribution is 5.92. The van der Waals surface area contributed by atoms with Gasteiger partial charge in [-0.25, -0.2) is 4.57 Å². The van der Waals surface area contributed by atoms with Crippen molar-refractivity contribution in [2.75, 3.05) is 7.11 Å². The van der Waals surface area contributed by atoms with Gasteiger partial charge in [0.05, 0.1) is 7.11 Å². The largest absolute Gasteiger partial charge is 0.497 e. The number of benzene rings is 2. The number of aromatic nitrogens is 1. The Bertz CT molecular complexity index is 915. The molecule has 0 spiro atoms. The van der Waals surface area contributed by atoms with Gasteiger partial charge in [-0.3, -0.25) is 4.79 Å². The van der Waals surface area contributed by atoms with Gasteiger partial charge in [0.15, 0.2) is 6.20 Å². The second-order valence-corrected chi connectivity index (χ2v) is 5.84. The molecule has 0 unspecified atom stereocenters. The van der Waals surface area contributed by atoms with Crippen LogP contribution in [0.3, 0.4) is 0 Å². The Kier molecular flexibility index (Phi) is 5.09. The molecule has 0 aliphatic heterocycles. The summed E-state index contributed by atoms with van der Waals surface area (Å²) in [5.41, 5.74) is 3.18. The predicted molar refractivity (Wildman–Crippen MR) is 99.0 cm³/mol.